The van der Waals surface area contributed by atoms with Crippen molar-refractivity contribution < 1.29 is 40.4 Å². The van der Waals surface area contributed by atoms with Crippen molar-refractivity contribution in [3.05, 3.63) is 137 Å². The highest BCUT2D eigenvalue weighted by Crippen LogP contribution is 2.36. The molecule has 214 valence electrons. The van der Waals surface area contributed by atoms with Gasteiger partial charge >= 0.3 is 12.4 Å². The van der Waals surface area contributed by atoms with Crippen LogP contribution < -0.4 is 9.88 Å². The van der Waals surface area contributed by atoms with Crippen molar-refractivity contribution >= 4 is 5.91 Å². The van der Waals surface area contributed by atoms with Crippen LogP contribution >= 0.6 is 0 Å². The number of benzene rings is 3. The SMILES string of the molecule is O=C(NCC(COCc1cc(C(F)(F)F)cc(C(F)(F)F)c1)c1ccccc1)c1cc[n+](Cc2ccccc2)cc1. The second-order valence-electron chi connectivity index (χ2n) is 9.49. The van der Waals surface area contributed by atoms with Gasteiger partial charge in [0, 0.05) is 30.2 Å². The van der Waals surface area contributed by atoms with E-state index in [1.54, 1.807) is 54.9 Å². The third-order valence-corrected chi connectivity index (χ3v) is 6.38. The molecule has 0 saturated carbocycles. The molecule has 1 aromatic heterocycles. The Labute approximate surface area is 233 Å². The third kappa shape index (κ3) is 8.65. The molecule has 0 fully saturated rings. The maximum atomic E-state index is 13.2. The first-order valence-corrected chi connectivity index (χ1v) is 12.7. The fourth-order valence-corrected chi connectivity index (χ4v) is 4.25. The first kappa shape index (κ1) is 29.8. The molecule has 3 aromatic carbocycles. The zero-order valence-corrected chi connectivity index (χ0v) is 21.8. The summed E-state index contributed by atoms with van der Waals surface area (Å²) >= 11 is 0. The third-order valence-electron chi connectivity index (χ3n) is 6.38. The van der Waals surface area contributed by atoms with E-state index in [9.17, 15) is 31.1 Å². The highest BCUT2D eigenvalue weighted by Gasteiger charge is 2.36. The Morgan fingerprint density at radius 1 is 0.756 bits per heavy atom. The zero-order valence-electron chi connectivity index (χ0n) is 21.8. The topological polar surface area (TPSA) is 42.2 Å². The van der Waals surface area contributed by atoms with E-state index in [4.69, 9.17) is 4.74 Å². The van der Waals surface area contributed by atoms with Crippen molar-refractivity contribution in [3.63, 3.8) is 0 Å². The van der Waals surface area contributed by atoms with Crippen molar-refractivity contribution in [2.45, 2.75) is 31.4 Å². The molecule has 10 heteroatoms. The van der Waals surface area contributed by atoms with Crippen LogP contribution in [0.5, 0.6) is 0 Å². The monoisotopic (exact) mass is 573 g/mol. The van der Waals surface area contributed by atoms with Crippen molar-refractivity contribution in [3.8, 4) is 0 Å². The molecule has 0 spiro atoms. The smallest absolute Gasteiger partial charge is 0.376 e. The highest BCUT2D eigenvalue weighted by atomic mass is 19.4. The summed E-state index contributed by atoms with van der Waals surface area (Å²) in [6.45, 7) is 0.267. The van der Waals surface area contributed by atoms with Crippen LogP contribution in [0.4, 0.5) is 26.3 Å². The van der Waals surface area contributed by atoms with Crippen molar-refractivity contribution in [1.29, 1.82) is 0 Å². The number of alkyl halides is 6. The van der Waals surface area contributed by atoms with Crippen molar-refractivity contribution in [2.24, 2.45) is 0 Å². The average molecular weight is 574 g/mol. The Kier molecular flexibility index (Phi) is 9.44. The fourth-order valence-electron chi connectivity index (χ4n) is 4.25. The summed E-state index contributed by atoms with van der Waals surface area (Å²) < 4.78 is 86.7. The molecule has 1 heterocycles. The lowest BCUT2D eigenvalue weighted by molar-refractivity contribution is -0.688. The van der Waals surface area contributed by atoms with Crippen LogP contribution in [0.3, 0.4) is 0 Å². The zero-order chi connectivity index (χ0) is 29.5. The number of rotatable bonds is 10. The maximum absolute atomic E-state index is 13.2. The van der Waals surface area contributed by atoms with Gasteiger partial charge < -0.3 is 10.1 Å². The molecule has 1 amide bonds. The number of aromatic nitrogens is 1. The van der Waals surface area contributed by atoms with Gasteiger partial charge in [0.2, 0.25) is 0 Å². The van der Waals surface area contributed by atoms with Crippen LogP contribution in [0.15, 0.2) is 103 Å². The van der Waals surface area contributed by atoms with Gasteiger partial charge in [0.05, 0.1) is 29.9 Å². The van der Waals surface area contributed by atoms with Crippen LogP contribution in [0.25, 0.3) is 0 Å². The highest BCUT2D eigenvalue weighted by molar-refractivity contribution is 5.93. The molecule has 41 heavy (non-hydrogen) atoms. The lowest BCUT2D eigenvalue weighted by Crippen LogP contribution is -2.35. The van der Waals surface area contributed by atoms with E-state index < -0.39 is 36.0 Å². The predicted octanol–water partition coefficient (Wildman–Crippen LogP) is 6.79. The van der Waals surface area contributed by atoms with Gasteiger partial charge in [-0.25, -0.2) is 4.57 Å². The summed E-state index contributed by atoms with van der Waals surface area (Å²) in [5.74, 6) is -0.731. The van der Waals surface area contributed by atoms with E-state index in [0.29, 0.717) is 24.2 Å². The summed E-state index contributed by atoms with van der Waals surface area (Å²) in [5, 5.41) is 2.85. The molecule has 0 radical (unpaired) electrons. The molecular formula is C31H27F6N2O2+. The lowest BCUT2D eigenvalue weighted by atomic mass is 9.99. The van der Waals surface area contributed by atoms with Crippen LogP contribution in [0.1, 0.15) is 44.1 Å². The van der Waals surface area contributed by atoms with E-state index in [1.807, 2.05) is 34.9 Å². The molecule has 0 aliphatic rings. The Morgan fingerprint density at radius 2 is 1.32 bits per heavy atom. The molecule has 1 unspecified atom stereocenters. The molecule has 4 aromatic rings. The number of halogens is 6. The van der Waals surface area contributed by atoms with Gasteiger partial charge in [-0.1, -0.05) is 60.7 Å². The molecule has 1 atom stereocenters. The van der Waals surface area contributed by atoms with Crippen molar-refractivity contribution in [1.82, 2.24) is 5.32 Å². The lowest BCUT2D eigenvalue weighted by Gasteiger charge is -2.19. The number of amides is 1. The molecular weight excluding hydrogens is 546 g/mol. The van der Waals surface area contributed by atoms with Crippen molar-refractivity contribution in [2.75, 3.05) is 13.2 Å². The van der Waals surface area contributed by atoms with E-state index in [2.05, 4.69) is 5.32 Å². The van der Waals surface area contributed by atoms with Gasteiger partial charge in [-0.2, -0.15) is 26.3 Å². The summed E-state index contributed by atoms with van der Waals surface area (Å²) in [5.41, 5.74) is -0.708. The fraction of sp³-hybridized carbons (Fsp3) is 0.226. The Bertz CT molecular complexity index is 1390. The summed E-state index contributed by atoms with van der Waals surface area (Å²) in [7, 11) is 0. The number of carbonyl (C=O) groups excluding carboxylic acids is 1. The molecule has 4 rings (SSSR count). The summed E-state index contributed by atoms with van der Waals surface area (Å²) in [6.07, 6.45) is -6.29. The largest absolute Gasteiger partial charge is 0.416 e. The standard InChI is InChI=1S/C31H26F6N2O2/c32-30(33,34)27-15-23(16-28(17-27)31(35,36)37)20-41-21-26(24-9-5-2-6-10-24)18-38-29(40)25-11-13-39(14-12-25)19-22-7-3-1-4-8-22/h1-17,26H,18-21H2/p+1. The number of hydrogen-bond acceptors (Lipinski definition) is 2. The second-order valence-corrected chi connectivity index (χ2v) is 9.49. The average Bonchev–Trinajstić information content (AvgIpc) is 2.95. The van der Waals surface area contributed by atoms with Gasteiger partial charge in [0.15, 0.2) is 18.9 Å². The van der Waals surface area contributed by atoms with Crippen LogP contribution in [-0.4, -0.2) is 19.1 Å². The van der Waals surface area contributed by atoms with E-state index in [0.717, 1.165) is 11.1 Å². The van der Waals surface area contributed by atoms with Gasteiger partial charge in [0.25, 0.3) is 5.91 Å². The first-order valence-electron chi connectivity index (χ1n) is 12.7. The predicted molar refractivity (Wildman–Crippen MR) is 140 cm³/mol. The minimum Gasteiger partial charge on any atom is -0.376 e. The molecule has 0 saturated heterocycles. The molecule has 4 nitrogen and oxygen atoms in total. The minimum absolute atomic E-state index is 0.0479. The summed E-state index contributed by atoms with van der Waals surface area (Å²) in [6, 6.07) is 23.6. The quantitative estimate of drug-likeness (QED) is 0.168. The second kappa shape index (κ2) is 13.0. The Hall–Kier alpha value is -4.18. The van der Waals surface area contributed by atoms with Crippen LogP contribution in [-0.2, 0) is 30.2 Å². The van der Waals surface area contributed by atoms with E-state index >= 15 is 0 Å². The van der Waals surface area contributed by atoms with Gasteiger partial charge in [0.1, 0.15) is 0 Å². The minimum atomic E-state index is -4.94. The number of hydrogen-bond donors (Lipinski definition) is 1. The molecule has 0 aliphatic carbocycles. The first-order chi connectivity index (χ1) is 19.5. The van der Waals surface area contributed by atoms with E-state index in [1.165, 1.54) is 0 Å². The molecule has 1 N–H and O–H groups in total. The number of ether oxygens (including phenoxy) is 1. The van der Waals surface area contributed by atoms with E-state index in [-0.39, 0.29) is 30.7 Å². The Morgan fingerprint density at radius 3 is 1.88 bits per heavy atom. The van der Waals surface area contributed by atoms with Gasteiger partial charge in [-0.3, -0.25) is 4.79 Å². The Balaban J connectivity index is 1.40. The number of nitrogens with one attached hydrogen (secondary N) is 1. The maximum Gasteiger partial charge on any atom is 0.416 e. The normalized spacial score (nSPS) is 12.6. The number of nitrogens with zero attached hydrogens (tertiary/aromatic N) is 1. The molecule has 0 aliphatic heterocycles. The van der Waals surface area contributed by atoms with Crippen LogP contribution in [0.2, 0.25) is 0 Å². The van der Waals surface area contributed by atoms with Crippen LogP contribution in [0, 0.1) is 0 Å². The number of carbonyl (C=O) groups is 1. The van der Waals surface area contributed by atoms with Gasteiger partial charge in [-0.15, -0.1) is 0 Å². The van der Waals surface area contributed by atoms with Gasteiger partial charge in [-0.05, 0) is 29.3 Å². The molecule has 0 bridgehead atoms. The summed E-state index contributed by atoms with van der Waals surface area (Å²) in [4.78, 5) is 12.8. The number of pyridine rings is 1.